The fraction of sp³-hybridized carbons (Fsp3) is 0.400. The highest BCUT2D eigenvalue weighted by atomic mass is 35.5. The van der Waals surface area contributed by atoms with Crippen molar-refractivity contribution in [2.24, 2.45) is 11.0 Å². The van der Waals surface area contributed by atoms with Crippen LogP contribution in [0.5, 0.6) is 5.75 Å². The summed E-state index contributed by atoms with van der Waals surface area (Å²) in [6.45, 7) is 0.686. The Labute approximate surface area is 198 Å². The lowest BCUT2D eigenvalue weighted by Gasteiger charge is -2.27. The van der Waals surface area contributed by atoms with E-state index in [1.807, 2.05) is 48.5 Å². The molecule has 1 unspecified atom stereocenters. The molecule has 174 valence electrons. The number of para-hydroxylation sites is 1. The first-order chi connectivity index (χ1) is 16.0. The molecule has 0 spiro atoms. The van der Waals surface area contributed by atoms with Crippen molar-refractivity contribution in [1.29, 1.82) is 0 Å². The largest absolute Gasteiger partial charge is 0.496 e. The van der Waals surface area contributed by atoms with Gasteiger partial charge >= 0.3 is 0 Å². The summed E-state index contributed by atoms with van der Waals surface area (Å²) in [4.78, 5) is 27.9. The van der Waals surface area contributed by atoms with E-state index < -0.39 is 0 Å². The number of methoxy groups -OCH3 is 2. The first-order valence-electron chi connectivity index (χ1n) is 11.1. The van der Waals surface area contributed by atoms with Gasteiger partial charge in [0.2, 0.25) is 5.91 Å². The Hall–Kier alpha value is -2.90. The minimum atomic E-state index is -0.361. The molecule has 0 aromatic heterocycles. The molecular weight excluding hydrogens is 442 g/mol. The third-order valence-corrected chi connectivity index (χ3v) is 6.31. The van der Waals surface area contributed by atoms with Crippen LogP contribution in [0.2, 0.25) is 5.02 Å². The monoisotopic (exact) mass is 469 g/mol. The number of benzene rings is 2. The number of hydrogen-bond donors (Lipinski definition) is 0. The fourth-order valence-corrected chi connectivity index (χ4v) is 4.32. The molecule has 1 fully saturated rings. The Morgan fingerprint density at radius 1 is 1.12 bits per heavy atom. The second-order valence-corrected chi connectivity index (χ2v) is 8.66. The van der Waals surface area contributed by atoms with Gasteiger partial charge < -0.3 is 14.4 Å². The highest BCUT2D eigenvalue weighted by molar-refractivity contribution is 6.34. The van der Waals surface area contributed by atoms with Gasteiger partial charge in [-0.15, -0.1) is 0 Å². The van der Waals surface area contributed by atoms with Gasteiger partial charge in [-0.05, 0) is 25.0 Å². The molecule has 1 heterocycles. The molecular formula is C25H28ClN3O4. The van der Waals surface area contributed by atoms with Gasteiger partial charge in [-0.1, -0.05) is 48.0 Å². The Bertz CT molecular complexity index is 1050. The van der Waals surface area contributed by atoms with Crippen molar-refractivity contribution in [2.75, 3.05) is 33.9 Å². The van der Waals surface area contributed by atoms with Crippen LogP contribution in [0, 0.1) is 5.92 Å². The molecule has 8 heteroatoms. The summed E-state index contributed by atoms with van der Waals surface area (Å²) >= 11 is 6.43. The highest BCUT2D eigenvalue weighted by Gasteiger charge is 2.38. The van der Waals surface area contributed by atoms with E-state index in [2.05, 4.69) is 0 Å². The van der Waals surface area contributed by atoms with E-state index in [4.69, 9.17) is 26.2 Å². The smallest absolute Gasteiger partial charge is 0.262 e. The molecule has 0 saturated heterocycles. The summed E-state index contributed by atoms with van der Waals surface area (Å²) in [6.07, 6.45) is 2.24. The Morgan fingerprint density at radius 2 is 1.85 bits per heavy atom. The standard InChI is InChI=1S/C25H28ClN3O4/c1-32-14-13-28(25(31)17-11-12-17)16-24(30)29-22(19-8-4-6-10-23(19)33-2)15-21(27-29)18-7-3-5-9-20(18)26/h3-10,17,22H,11-16H2,1-2H3. The maximum atomic E-state index is 13.5. The zero-order valence-electron chi connectivity index (χ0n) is 18.9. The number of rotatable bonds is 9. The molecule has 1 aliphatic heterocycles. The minimum Gasteiger partial charge on any atom is -0.496 e. The van der Waals surface area contributed by atoms with E-state index in [0.29, 0.717) is 30.3 Å². The quantitative estimate of drug-likeness (QED) is 0.558. The molecule has 1 aliphatic carbocycles. The Kier molecular flexibility index (Phi) is 7.30. The Balaban J connectivity index is 1.65. The summed E-state index contributed by atoms with van der Waals surface area (Å²) in [5.41, 5.74) is 2.37. The number of amides is 2. The van der Waals surface area contributed by atoms with E-state index in [1.165, 1.54) is 5.01 Å². The van der Waals surface area contributed by atoms with Crippen LogP contribution in [0.1, 0.15) is 36.4 Å². The van der Waals surface area contributed by atoms with Crippen molar-refractivity contribution in [3.05, 3.63) is 64.7 Å². The molecule has 2 aliphatic rings. The van der Waals surface area contributed by atoms with Gasteiger partial charge in [-0.2, -0.15) is 5.10 Å². The van der Waals surface area contributed by atoms with Crippen LogP contribution in [0.15, 0.2) is 53.6 Å². The minimum absolute atomic E-state index is 0.00347. The highest BCUT2D eigenvalue weighted by Crippen LogP contribution is 2.38. The van der Waals surface area contributed by atoms with Crippen molar-refractivity contribution < 1.29 is 19.1 Å². The zero-order chi connectivity index (χ0) is 23.4. The first-order valence-corrected chi connectivity index (χ1v) is 11.5. The second-order valence-electron chi connectivity index (χ2n) is 8.25. The molecule has 0 N–H and O–H groups in total. The molecule has 2 aromatic carbocycles. The summed E-state index contributed by atoms with van der Waals surface area (Å²) in [7, 11) is 3.19. The lowest BCUT2D eigenvalue weighted by Crippen LogP contribution is -2.43. The molecule has 4 rings (SSSR count). The molecule has 33 heavy (non-hydrogen) atoms. The van der Waals surface area contributed by atoms with Crippen LogP contribution in [-0.2, 0) is 14.3 Å². The number of hydrogen-bond acceptors (Lipinski definition) is 5. The van der Waals surface area contributed by atoms with Crippen molar-refractivity contribution in [1.82, 2.24) is 9.91 Å². The summed E-state index contributed by atoms with van der Waals surface area (Å²) in [5.74, 6) is 0.448. The zero-order valence-corrected chi connectivity index (χ0v) is 19.6. The topological polar surface area (TPSA) is 71.4 Å². The molecule has 0 radical (unpaired) electrons. The molecule has 2 amide bonds. The van der Waals surface area contributed by atoms with Crippen LogP contribution < -0.4 is 4.74 Å². The van der Waals surface area contributed by atoms with E-state index >= 15 is 0 Å². The molecule has 1 saturated carbocycles. The lowest BCUT2D eigenvalue weighted by atomic mass is 9.97. The maximum Gasteiger partial charge on any atom is 0.262 e. The van der Waals surface area contributed by atoms with Crippen molar-refractivity contribution >= 4 is 29.1 Å². The first kappa shape index (κ1) is 23.3. The van der Waals surface area contributed by atoms with Crippen LogP contribution in [0.3, 0.4) is 0 Å². The second kappa shape index (κ2) is 10.4. The number of nitrogens with zero attached hydrogens (tertiary/aromatic N) is 3. The maximum absolute atomic E-state index is 13.5. The predicted octanol–water partition coefficient (Wildman–Crippen LogP) is 3.91. The third kappa shape index (κ3) is 5.20. The molecule has 2 aromatic rings. The van der Waals surface area contributed by atoms with Crippen LogP contribution >= 0.6 is 11.6 Å². The lowest BCUT2D eigenvalue weighted by molar-refractivity contribution is -0.142. The number of hydrazone groups is 1. The SMILES string of the molecule is COCCN(CC(=O)N1N=C(c2ccccc2Cl)CC1c1ccccc1OC)C(=O)C1CC1. The van der Waals surface area contributed by atoms with Gasteiger partial charge in [-0.25, -0.2) is 5.01 Å². The average Bonchev–Trinajstić information content (AvgIpc) is 3.59. The number of carbonyl (C=O) groups is 2. The van der Waals surface area contributed by atoms with Crippen LogP contribution in [-0.4, -0.2) is 61.4 Å². The van der Waals surface area contributed by atoms with Gasteiger partial charge in [0, 0.05) is 42.1 Å². The van der Waals surface area contributed by atoms with Crippen molar-refractivity contribution in [3.8, 4) is 5.75 Å². The van der Waals surface area contributed by atoms with E-state index in [9.17, 15) is 9.59 Å². The van der Waals surface area contributed by atoms with Gasteiger partial charge in [0.25, 0.3) is 5.91 Å². The predicted molar refractivity (Wildman–Crippen MR) is 126 cm³/mol. The number of carbonyl (C=O) groups excluding carboxylic acids is 2. The van der Waals surface area contributed by atoms with Gasteiger partial charge in [0.15, 0.2) is 0 Å². The molecule has 1 atom stereocenters. The summed E-state index contributed by atoms with van der Waals surface area (Å²) in [5, 5.41) is 6.76. The van der Waals surface area contributed by atoms with Crippen molar-refractivity contribution in [3.63, 3.8) is 0 Å². The molecule has 7 nitrogen and oxygen atoms in total. The van der Waals surface area contributed by atoms with Crippen LogP contribution in [0.25, 0.3) is 0 Å². The van der Waals surface area contributed by atoms with Gasteiger partial charge in [0.05, 0.1) is 25.5 Å². The fourth-order valence-electron chi connectivity index (χ4n) is 4.08. The van der Waals surface area contributed by atoms with Crippen molar-refractivity contribution in [2.45, 2.75) is 25.3 Å². The number of halogens is 1. The molecule has 0 bridgehead atoms. The Morgan fingerprint density at radius 3 is 2.55 bits per heavy atom. The number of ether oxygens (including phenoxy) is 2. The van der Waals surface area contributed by atoms with E-state index in [1.54, 1.807) is 19.1 Å². The average molecular weight is 470 g/mol. The van der Waals surface area contributed by atoms with Gasteiger partial charge in [0.1, 0.15) is 12.3 Å². The van der Waals surface area contributed by atoms with E-state index in [0.717, 1.165) is 29.7 Å². The van der Waals surface area contributed by atoms with E-state index in [-0.39, 0.29) is 30.3 Å². The van der Waals surface area contributed by atoms with Crippen LogP contribution in [0.4, 0.5) is 0 Å². The summed E-state index contributed by atoms with van der Waals surface area (Å²) < 4.78 is 10.7. The van der Waals surface area contributed by atoms with Gasteiger partial charge in [-0.3, -0.25) is 9.59 Å². The normalized spacial score (nSPS) is 17.6. The third-order valence-electron chi connectivity index (χ3n) is 5.98. The summed E-state index contributed by atoms with van der Waals surface area (Å²) in [6, 6.07) is 14.7.